The molecule has 0 fully saturated rings. The standard InChI is InChI=1S/C15H11NO2/c16-15(17)18-14-10-8-13(9-11-14)7-6-12-4-2-1-3-5-12/h1-5,8-11H,(H2,16,17). The Hall–Kier alpha value is -2.73. The average Bonchev–Trinajstić information content (AvgIpc) is 2.38. The molecule has 2 aromatic rings. The maximum atomic E-state index is 10.5. The molecule has 2 rings (SSSR count). The Labute approximate surface area is 105 Å². The summed E-state index contributed by atoms with van der Waals surface area (Å²) in [5.41, 5.74) is 6.70. The molecule has 0 aliphatic rings. The topological polar surface area (TPSA) is 52.3 Å². The molecular weight excluding hydrogens is 226 g/mol. The van der Waals surface area contributed by atoms with Crippen molar-refractivity contribution in [3.05, 3.63) is 65.7 Å². The zero-order chi connectivity index (χ0) is 12.8. The van der Waals surface area contributed by atoms with Gasteiger partial charge in [0, 0.05) is 11.1 Å². The summed E-state index contributed by atoms with van der Waals surface area (Å²) in [6.07, 6.45) is -0.821. The lowest BCUT2D eigenvalue weighted by molar-refractivity contribution is 0.211. The molecule has 0 bridgehead atoms. The van der Waals surface area contributed by atoms with Gasteiger partial charge in [0.05, 0.1) is 0 Å². The van der Waals surface area contributed by atoms with Crippen LogP contribution in [-0.4, -0.2) is 6.09 Å². The lowest BCUT2D eigenvalue weighted by Crippen LogP contribution is -2.16. The minimum atomic E-state index is -0.821. The molecular formula is C15H11NO2. The first-order valence-corrected chi connectivity index (χ1v) is 5.38. The lowest BCUT2D eigenvalue weighted by Gasteiger charge is -1.99. The maximum absolute atomic E-state index is 10.5. The molecule has 2 N–H and O–H groups in total. The number of nitrogens with two attached hydrogens (primary N) is 1. The Bertz CT molecular complexity index is 592. The van der Waals surface area contributed by atoms with Crippen LogP contribution < -0.4 is 10.5 Å². The molecule has 0 aromatic heterocycles. The zero-order valence-corrected chi connectivity index (χ0v) is 9.59. The van der Waals surface area contributed by atoms with Crippen molar-refractivity contribution in [1.82, 2.24) is 0 Å². The third-order valence-electron chi connectivity index (χ3n) is 2.20. The monoisotopic (exact) mass is 237 g/mol. The largest absolute Gasteiger partial charge is 0.411 e. The van der Waals surface area contributed by atoms with Gasteiger partial charge in [0.15, 0.2) is 0 Å². The van der Waals surface area contributed by atoms with E-state index in [4.69, 9.17) is 10.5 Å². The molecule has 0 aliphatic carbocycles. The van der Waals surface area contributed by atoms with Gasteiger partial charge in [-0.15, -0.1) is 0 Å². The van der Waals surface area contributed by atoms with E-state index in [9.17, 15) is 4.79 Å². The normalized spacial score (nSPS) is 9.11. The number of amides is 1. The van der Waals surface area contributed by atoms with E-state index in [1.54, 1.807) is 24.3 Å². The second-order valence-corrected chi connectivity index (χ2v) is 3.56. The number of carbonyl (C=O) groups is 1. The minimum absolute atomic E-state index is 0.410. The highest BCUT2D eigenvalue weighted by molar-refractivity contribution is 5.68. The van der Waals surface area contributed by atoms with E-state index in [0.29, 0.717) is 5.75 Å². The highest BCUT2D eigenvalue weighted by Gasteiger charge is 1.97. The second kappa shape index (κ2) is 5.55. The van der Waals surface area contributed by atoms with Crippen molar-refractivity contribution < 1.29 is 9.53 Å². The summed E-state index contributed by atoms with van der Waals surface area (Å²) in [7, 11) is 0. The van der Waals surface area contributed by atoms with Gasteiger partial charge in [-0.25, -0.2) is 4.79 Å². The molecule has 0 saturated carbocycles. The fourth-order valence-corrected chi connectivity index (χ4v) is 1.39. The van der Waals surface area contributed by atoms with Crippen LogP contribution in [0.25, 0.3) is 0 Å². The van der Waals surface area contributed by atoms with Crippen LogP contribution in [0.15, 0.2) is 54.6 Å². The number of primary amides is 1. The number of rotatable bonds is 1. The van der Waals surface area contributed by atoms with E-state index in [1.165, 1.54) is 0 Å². The van der Waals surface area contributed by atoms with Crippen molar-refractivity contribution in [3.63, 3.8) is 0 Å². The molecule has 18 heavy (non-hydrogen) atoms. The van der Waals surface area contributed by atoms with Gasteiger partial charge in [0.25, 0.3) is 0 Å². The Kier molecular flexibility index (Phi) is 3.62. The predicted molar refractivity (Wildman–Crippen MR) is 69.1 cm³/mol. The highest BCUT2D eigenvalue weighted by Crippen LogP contribution is 2.11. The first-order valence-electron chi connectivity index (χ1n) is 5.38. The summed E-state index contributed by atoms with van der Waals surface area (Å²) in [5, 5.41) is 0. The zero-order valence-electron chi connectivity index (χ0n) is 9.59. The number of ether oxygens (including phenoxy) is 1. The van der Waals surface area contributed by atoms with E-state index in [0.717, 1.165) is 11.1 Å². The summed E-state index contributed by atoms with van der Waals surface area (Å²) in [6, 6.07) is 16.6. The van der Waals surface area contributed by atoms with Crippen LogP contribution in [0.5, 0.6) is 5.75 Å². The first-order chi connectivity index (χ1) is 8.74. The SMILES string of the molecule is NC(=O)Oc1ccc(C#Cc2ccccc2)cc1. The molecule has 0 aliphatic heterocycles. The van der Waals surface area contributed by atoms with Crippen LogP contribution in [0.2, 0.25) is 0 Å². The average molecular weight is 237 g/mol. The smallest absolute Gasteiger partial charge is 0.409 e. The predicted octanol–water partition coefficient (Wildman–Crippen LogP) is 2.54. The van der Waals surface area contributed by atoms with E-state index >= 15 is 0 Å². The van der Waals surface area contributed by atoms with Crippen LogP contribution in [-0.2, 0) is 0 Å². The molecule has 2 aromatic carbocycles. The van der Waals surface area contributed by atoms with Gasteiger partial charge >= 0.3 is 6.09 Å². The van der Waals surface area contributed by atoms with Gasteiger partial charge in [-0.1, -0.05) is 30.0 Å². The maximum Gasteiger partial charge on any atom is 0.409 e. The molecule has 3 heteroatoms. The fraction of sp³-hybridized carbons (Fsp3) is 0. The van der Waals surface area contributed by atoms with Crippen molar-refractivity contribution in [3.8, 4) is 17.6 Å². The van der Waals surface area contributed by atoms with E-state index in [-0.39, 0.29) is 0 Å². The van der Waals surface area contributed by atoms with Crippen molar-refractivity contribution >= 4 is 6.09 Å². The summed E-state index contributed by atoms with van der Waals surface area (Å²) >= 11 is 0. The third-order valence-corrected chi connectivity index (χ3v) is 2.20. The van der Waals surface area contributed by atoms with Gasteiger partial charge in [-0.2, -0.15) is 0 Å². The van der Waals surface area contributed by atoms with E-state index < -0.39 is 6.09 Å². The minimum Gasteiger partial charge on any atom is -0.411 e. The van der Waals surface area contributed by atoms with Gasteiger partial charge in [-0.3, -0.25) is 0 Å². The Morgan fingerprint density at radius 3 is 2.00 bits per heavy atom. The van der Waals surface area contributed by atoms with Crippen molar-refractivity contribution in [2.24, 2.45) is 5.73 Å². The molecule has 0 heterocycles. The second-order valence-electron chi connectivity index (χ2n) is 3.56. The Balaban J connectivity index is 2.12. The summed E-state index contributed by atoms with van der Waals surface area (Å²) in [5.74, 6) is 6.47. The molecule has 0 atom stereocenters. The van der Waals surface area contributed by atoms with Crippen molar-refractivity contribution in [1.29, 1.82) is 0 Å². The molecule has 1 amide bonds. The molecule has 0 unspecified atom stereocenters. The van der Waals surface area contributed by atoms with Crippen LogP contribution in [0, 0.1) is 11.8 Å². The van der Waals surface area contributed by atoms with Crippen LogP contribution in [0.3, 0.4) is 0 Å². The summed E-state index contributed by atoms with van der Waals surface area (Å²) in [4.78, 5) is 10.5. The van der Waals surface area contributed by atoms with Crippen molar-refractivity contribution in [2.45, 2.75) is 0 Å². The number of hydrogen-bond acceptors (Lipinski definition) is 2. The number of hydrogen-bond donors (Lipinski definition) is 1. The summed E-state index contributed by atoms with van der Waals surface area (Å²) in [6.45, 7) is 0. The highest BCUT2D eigenvalue weighted by atomic mass is 16.5. The van der Waals surface area contributed by atoms with E-state index in [2.05, 4.69) is 11.8 Å². The van der Waals surface area contributed by atoms with Gasteiger partial charge in [0.2, 0.25) is 0 Å². The van der Waals surface area contributed by atoms with Gasteiger partial charge in [-0.05, 0) is 36.4 Å². The van der Waals surface area contributed by atoms with E-state index in [1.807, 2.05) is 30.3 Å². The quantitative estimate of drug-likeness (QED) is 0.775. The molecule has 0 radical (unpaired) electrons. The van der Waals surface area contributed by atoms with Gasteiger partial charge in [0.1, 0.15) is 5.75 Å². The molecule has 0 saturated heterocycles. The lowest BCUT2D eigenvalue weighted by atomic mass is 10.2. The first kappa shape index (κ1) is 11.7. The fourth-order valence-electron chi connectivity index (χ4n) is 1.39. The van der Waals surface area contributed by atoms with Crippen LogP contribution in [0.4, 0.5) is 4.79 Å². The summed E-state index contributed by atoms with van der Waals surface area (Å²) < 4.78 is 4.72. The molecule has 88 valence electrons. The van der Waals surface area contributed by atoms with Crippen molar-refractivity contribution in [2.75, 3.05) is 0 Å². The molecule has 3 nitrogen and oxygen atoms in total. The van der Waals surface area contributed by atoms with Gasteiger partial charge < -0.3 is 10.5 Å². The molecule has 0 spiro atoms. The third kappa shape index (κ3) is 3.39. The number of carbonyl (C=O) groups excluding carboxylic acids is 1. The number of benzene rings is 2. The Morgan fingerprint density at radius 2 is 1.44 bits per heavy atom. The van der Waals surface area contributed by atoms with Crippen LogP contribution >= 0.6 is 0 Å². The van der Waals surface area contributed by atoms with Crippen LogP contribution in [0.1, 0.15) is 11.1 Å². The Morgan fingerprint density at radius 1 is 0.889 bits per heavy atom.